The Morgan fingerprint density at radius 2 is 2.09 bits per heavy atom. The zero-order chi connectivity index (χ0) is 16.2. The molecule has 0 bridgehead atoms. The number of β-amino-alcohol motifs (C(OH)–C–C–N with tert-alkyl or cyclic N) is 1. The standard InChI is InChI=1S/C13H10ClF3N4O/c1-5-8(14)9-10(19-5)11(21-3-6(22)4-21)7(2-18)12(20-9)13(15,16)17/h6,19,22H,3-4H2,1H3. The SMILES string of the molecule is Cc1[nH]c2c(N3CC(O)C3)c(C#N)c(C(F)(F)F)nc2c1Cl. The molecule has 0 atom stereocenters. The molecule has 0 aliphatic carbocycles. The summed E-state index contributed by atoms with van der Waals surface area (Å²) < 4.78 is 39.6. The molecule has 5 nitrogen and oxygen atoms in total. The molecule has 0 unspecified atom stereocenters. The van der Waals surface area contributed by atoms with Crippen LogP contribution in [0.25, 0.3) is 11.0 Å². The van der Waals surface area contributed by atoms with Gasteiger partial charge in [-0.15, -0.1) is 0 Å². The van der Waals surface area contributed by atoms with Gasteiger partial charge in [0, 0.05) is 18.8 Å². The van der Waals surface area contributed by atoms with E-state index in [2.05, 4.69) is 9.97 Å². The predicted molar refractivity (Wildman–Crippen MR) is 73.8 cm³/mol. The Labute approximate surface area is 127 Å². The molecule has 22 heavy (non-hydrogen) atoms. The van der Waals surface area contributed by atoms with Crippen LogP contribution in [0.5, 0.6) is 0 Å². The number of aromatic amines is 1. The number of hydrogen-bond donors (Lipinski definition) is 2. The van der Waals surface area contributed by atoms with E-state index in [4.69, 9.17) is 11.6 Å². The van der Waals surface area contributed by atoms with E-state index in [-0.39, 0.29) is 34.8 Å². The van der Waals surface area contributed by atoms with Crippen LogP contribution in [0.4, 0.5) is 18.9 Å². The van der Waals surface area contributed by atoms with Gasteiger partial charge in [0.15, 0.2) is 5.69 Å². The highest BCUT2D eigenvalue weighted by Crippen LogP contribution is 2.42. The van der Waals surface area contributed by atoms with Crippen molar-refractivity contribution in [3.63, 3.8) is 0 Å². The Balaban J connectivity index is 2.38. The molecule has 3 heterocycles. The summed E-state index contributed by atoms with van der Waals surface area (Å²) in [6.45, 7) is 1.92. The molecular weight excluding hydrogens is 321 g/mol. The van der Waals surface area contributed by atoms with Gasteiger partial charge in [-0.2, -0.15) is 18.4 Å². The number of fused-ring (bicyclic) bond motifs is 1. The first-order valence-electron chi connectivity index (χ1n) is 6.36. The van der Waals surface area contributed by atoms with E-state index < -0.39 is 23.5 Å². The van der Waals surface area contributed by atoms with Crippen molar-refractivity contribution < 1.29 is 18.3 Å². The maximum absolute atomic E-state index is 13.2. The lowest BCUT2D eigenvalue weighted by molar-refractivity contribution is -0.141. The number of aliphatic hydroxyl groups is 1. The number of pyridine rings is 1. The molecule has 116 valence electrons. The van der Waals surface area contributed by atoms with Crippen molar-refractivity contribution in [1.82, 2.24) is 9.97 Å². The molecule has 2 aromatic rings. The van der Waals surface area contributed by atoms with E-state index in [1.165, 1.54) is 4.90 Å². The number of hydrogen-bond acceptors (Lipinski definition) is 4. The minimum Gasteiger partial charge on any atom is -0.389 e. The summed E-state index contributed by atoms with van der Waals surface area (Å²) in [4.78, 5) is 7.94. The van der Waals surface area contributed by atoms with Gasteiger partial charge in [-0.3, -0.25) is 0 Å². The number of nitrogens with zero attached hydrogens (tertiary/aromatic N) is 3. The lowest BCUT2D eigenvalue weighted by Gasteiger charge is -2.38. The fraction of sp³-hybridized carbons (Fsp3) is 0.385. The topological polar surface area (TPSA) is 75.9 Å². The summed E-state index contributed by atoms with van der Waals surface area (Å²) in [6, 6.07) is 1.59. The molecule has 0 saturated carbocycles. The van der Waals surface area contributed by atoms with Crippen LogP contribution < -0.4 is 4.90 Å². The lowest BCUT2D eigenvalue weighted by atomic mass is 10.0. The maximum atomic E-state index is 13.2. The first kappa shape index (κ1) is 14.9. The Morgan fingerprint density at radius 3 is 2.59 bits per heavy atom. The second-order valence-corrected chi connectivity index (χ2v) is 5.52. The predicted octanol–water partition coefficient (Wildman–Crippen LogP) is 2.60. The summed E-state index contributed by atoms with van der Waals surface area (Å²) in [6.07, 6.45) is -5.40. The van der Waals surface area contributed by atoms with Gasteiger partial charge in [-0.1, -0.05) is 11.6 Å². The number of aryl methyl sites for hydroxylation is 1. The van der Waals surface area contributed by atoms with Gasteiger partial charge in [-0.25, -0.2) is 4.98 Å². The zero-order valence-electron chi connectivity index (χ0n) is 11.3. The summed E-state index contributed by atoms with van der Waals surface area (Å²) in [5.41, 5.74) is -1.03. The first-order valence-corrected chi connectivity index (χ1v) is 6.74. The highest BCUT2D eigenvalue weighted by molar-refractivity contribution is 6.36. The fourth-order valence-corrected chi connectivity index (χ4v) is 2.72. The molecular formula is C13H10ClF3N4O. The van der Waals surface area contributed by atoms with Crippen LogP contribution in [-0.4, -0.2) is 34.3 Å². The van der Waals surface area contributed by atoms with Crippen LogP contribution in [-0.2, 0) is 6.18 Å². The largest absolute Gasteiger partial charge is 0.434 e. The van der Waals surface area contributed by atoms with Crippen LogP contribution in [0, 0.1) is 18.3 Å². The van der Waals surface area contributed by atoms with Gasteiger partial charge in [0.2, 0.25) is 0 Å². The summed E-state index contributed by atoms with van der Waals surface area (Å²) in [5.74, 6) is 0. The normalized spacial score (nSPS) is 16.0. The Morgan fingerprint density at radius 1 is 1.45 bits per heavy atom. The molecule has 1 saturated heterocycles. The van der Waals surface area contributed by atoms with Crippen LogP contribution >= 0.6 is 11.6 Å². The van der Waals surface area contributed by atoms with Crippen LogP contribution in [0.1, 0.15) is 17.0 Å². The van der Waals surface area contributed by atoms with E-state index >= 15 is 0 Å². The summed E-state index contributed by atoms with van der Waals surface area (Å²) in [7, 11) is 0. The van der Waals surface area contributed by atoms with Crippen molar-refractivity contribution in [2.45, 2.75) is 19.2 Å². The minimum atomic E-state index is -4.77. The molecule has 1 aliphatic rings. The van der Waals surface area contributed by atoms with Crippen molar-refractivity contribution in [1.29, 1.82) is 5.26 Å². The minimum absolute atomic E-state index is 0.0260. The molecule has 2 aromatic heterocycles. The number of anilines is 1. The van der Waals surface area contributed by atoms with Gasteiger partial charge < -0.3 is 15.0 Å². The maximum Gasteiger partial charge on any atom is 0.434 e. The number of aromatic nitrogens is 2. The van der Waals surface area contributed by atoms with E-state index in [0.717, 1.165) is 0 Å². The first-order chi connectivity index (χ1) is 10.2. The van der Waals surface area contributed by atoms with Crippen molar-refractivity contribution in [3.8, 4) is 6.07 Å². The molecule has 9 heteroatoms. The average molecular weight is 331 g/mol. The highest BCUT2D eigenvalue weighted by atomic mass is 35.5. The number of rotatable bonds is 1. The van der Waals surface area contributed by atoms with Crippen LogP contribution in [0.3, 0.4) is 0 Å². The van der Waals surface area contributed by atoms with Crippen LogP contribution in [0.2, 0.25) is 5.02 Å². The fourth-order valence-electron chi connectivity index (χ4n) is 2.54. The number of H-pyrrole nitrogens is 1. The molecule has 1 fully saturated rings. The second kappa shape index (κ2) is 4.76. The lowest BCUT2D eigenvalue weighted by Crippen LogP contribution is -2.51. The van der Waals surface area contributed by atoms with E-state index in [9.17, 15) is 23.5 Å². The number of nitrogens with one attached hydrogen (secondary N) is 1. The zero-order valence-corrected chi connectivity index (χ0v) is 12.0. The smallest absolute Gasteiger partial charge is 0.389 e. The number of aliphatic hydroxyl groups excluding tert-OH is 1. The van der Waals surface area contributed by atoms with Gasteiger partial charge in [0.25, 0.3) is 0 Å². The van der Waals surface area contributed by atoms with Gasteiger partial charge in [0.1, 0.15) is 17.1 Å². The van der Waals surface area contributed by atoms with E-state index in [0.29, 0.717) is 5.69 Å². The molecule has 1 aliphatic heterocycles. The Kier molecular flexibility index (Phi) is 3.23. The van der Waals surface area contributed by atoms with Crippen LogP contribution in [0.15, 0.2) is 0 Å². The van der Waals surface area contributed by atoms with Gasteiger partial charge in [0.05, 0.1) is 22.3 Å². The van der Waals surface area contributed by atoms with E-state index in [1.807, 2.05) is 0 Å². The van der Waals surface area contributed by atoms with E-state index in [1.54, 1.807) is 13.0 Å². The van der Waals surface area contributed by atoms with Gasteiger partial charge >= 0.3 is 6.18 Å². The van der Waals surface area contributed by atoms with Crippen molar-refractivity contribution in [2.75, 3.05) is 18.0 Å². The number of alkyl halides is 3. The Hall–Kier alpha value is -1.98. The monoisotopic (exact) mass is 330 g/mol. The third-order valence-electron chi connectivity index (χ3n) is 3.58. The van der Waals surface area contributed by atoms with Crippen molar-refractivity contribution >= 4 is 28.3 Å². The number of halogens is 4. The van der Waals surface area contributed by atoms with Gasteiger partial charge in [-0.05, 0) is 6.92 Å². The number of nitriles is 1. The second-order valence-electron chi connectivity index (χ2n) is 5.14. The summed E-state index contributed by atoms with van der Waals surface area (Å²) >= 11 is 6.01. The third-order valence-corrected chi connectivity index (χ3v) is 4.04. The molecule has 3 rings (SSSR count). The van der Waals surface area contributed by atoms with Crippen molar-refractivity contribution in [3.05, 3.63) is 22.0 Å². The molecule has 0 spiro atoms. The third kappa shape index (κ3) is 2.09. The Bertz CT molecular complexity index is 802. The molecule has 2 N–H and O–H groups in total. The quantitative estimate of drug-likeness (QED) is 0.842. The summed E-state index contributed by atoms with van der Waals surface area (Å²) in [5, 5.41) is 18.7. The molecule has 0 amide bonds. The highest BCUT2D eigenvalue weighted by Gasteiger charge is 2.40. The molecule has 0 radical (unpaired) electrons. The van der Waals surface area contributed by atoms with Crippen molar-refractivity contribution in [2.24, 2.45) is 0 Å². The average Bonchev–Trinajstić information content (AvgIpc) is 2.68. The molecule has 0 aromatic carbocycles.